The first-order chi connectivity index (χ1) is 10.2. The van der Waals surface area contributed by atoms with Crippen molar-refractivity contribution in [2.75, 3.05) is 19.7 Å². The van der Waals surface area contributed by atoms with Crippen LogP contribution in [0, 0.1) is 11.3 Å². The maximum absolute atomic E-state index is 11.5. The number of carbonyl (C=O) groups is 1. The third-order valence-electron chi connectivity index (χ3n) is 3.06. The molecule has 0 heterocycles. The fourth-order valence-electron chi connectivity index (χ4n) is 1.84. The van der Waals surface area contributed by atoms with Gasteiger partial charge in [0.25, 0.3) is 0 Å². The predicted octanol–water partition coefficient (Wildman–Crippen LogP) is 2.16. The molecule has 0 saturated heterocycles. The second-order valence-corrected chi connectivity index (χ2v) is 4.79. The molecule has 21 heavy (non-hydrogen) atoms. The summed E-state index contributed by atoms with van der Waals surface area (Å²) in [5, 5.41) is 14.6. The van der Waals surface area contributed by atoms with Crippen LogP contribution >= 0.6 is 0 Å². The molecule has 2 N–H and O–H groups in total. The van der Waals surface area contributed by atoms with Gasteiger partial charge in [-0.15, -0.1) is 0 Å². The van der Waals surface area contributed by atoms with Crippen LogP contribution in [-0.2, 0) is 4.79 Å². The van der Waals surface area contributed by atoms with Crippen molar-refractivity contribution >= 4 is 5.91 Å². The molecule has 0 fully saturated rings. The van der Waals surface area contributed by atoms with E-state index in [2.05, 4.69) is 17.6 Å². The number of nitrogens with one attached hydrogen (secondary N) is 2. The molecule has 0 aromatic heterocycles. The summed E-state index contributed by atoms with van der Waals surface area (Å²) in [5.41, 5.74) is 1.12. The first-order valence-corrected chi connectivity index (χ1v) is 7.27. The molecule has 1 aromatic carbocycles. The van der Waals surface area contributed by atoms with E-state index >= 15 is 0 Å². The van der Waals surface area contributed by atoms with Crippen molar-refractivity contribution in [1.82, 2.24) is 10.6 Å². The summed E-state index contributed by atoms with van der Waals surface area (Å²) in [6.07, 6.45) is 1.43. The van der Waals surface area contributed by atoms with Crippen LogP contribution in [0.1, 0.15) is 38.3 Å². The summed E-state index contributed by atoms with van der Waals surface area (Å²) in [5.74, 6) is 0.767. The number of hydrogen-bond donors (Lipinski definition) is 2. The van der Waals surface area contributed by atoms with Crippen molar-refractivity contribution in [3.8, 4) is 11.8 Å². The van der Waals surface area contributed by atoms with Gasteiger partial charge >= 0.3 is 0 Å². The molecule has 1 amide bonds. The van der Waals surface area contributed by atoms with Crippen LogP contribution in [0.25, 0.3) is 0 Å². The van der Waals surface area contributed by atoms with Crippen LogP contribution in [0.15, 0.2) is 24.3 Å². The number of amides is 1. The van der Waals surface area contributed by atoms with Crippen molar-refractivity contribution in [3.05, 3.63) is 29.8 Å². The van der Waals surface area contributed by atoms with E-state index in [0.717, 1.165) is 18.5 Å². The standard InChI is InChI=1S/C16H23N3O2/c1-3-10-19-16(20)8-11-18-13(2)14-4-6-15(7-5-14)21-12-9-17/h4-7,13,18H,3,8,10-12H2,1-2H3,(H,19,20). The van der Waals surface area contributed by atoms with E-state index in [-0.39, 0.29) is 18.6 Å². The highest BCUT2D eigenvalue weighted by Gasteiger charge is 2.06. The molecule has 1 unspecified atom stereocenters. The molecule has 0 bridgehead atoms. The van der Waals surface area contributed by atoms with E-state index in [0.29, 0.717) is 18.7 Å². The normalized spacial score (nSPS) is 11.5. The largest absolute Gasteiger partial charge is 0.479 e. The summed E-state index contributed by atoms with van der Waals surface area (Å²) in [6.45, 7) is 5.52. The topological polar surface area (TPSA) is 74.2 Å². The third kappa shape index (κ3) is 6.77. The summed E-state index contributed by atoms with van der Waals surface area (Å²) in [4.78, 5) is 11.5. The molecule has 5 heteroatoms. The van der Waals surface area contributed by atoms with Gasteiger partial charge in [-0.1, -0.05) is 19.1 Å². The fourth-order valence-corrected chi connectivity index (χ4v) is 1.84. The Labute approximate surface area is 126 Å². The zero-order valence-corrected chi connectivity index (χ0v) is 12.7. The lowest BCUT2D eigenvalue weighted by Gasteiger charge is -2.14. The van der Waals surface area contributed by atoms with Crippen LogP contribution in [0.3, 0.4) is 0 Å². The summed E-state index contributed by atoms with van der Waals surface area (Å²) >= 11 is 0. The fraction of sp³-hybridized carbons (Fsp3) is 0.500. The number of carbonyl (C=O) groups excluding carboxylic acids is 1. The number of ether oxygens (including phenoxy) is 1. The van der Waals surface area contributed by atoms with Gasteiger partial charge in [-0.25, -0.2) is 0 Å². The highest BCUT2D eigenvalue weighted by atomic mass is 16.5. The minimum absolute atomic E-state index is 0.0556. The quantitative estimate of drug-likeness (QED) is 0.730. The molecule has 114 valence electrons. The number of hydrogen-bond acceptors (Lipinski definition) is 4. The predicted molar refractivity (Wildman–Crippen MR) is 81.9 cm³/mol. The minimum Gasteiger partial charge on any atom is -0.479 e. The molecular weight excluding hydrogens is 266 g/mol. The lowest BCUT2D eigenvalue weighted by molar-refractivity contribution is -0.121. The SMILES string of the molecule is CCCNC(=O)CCNC(C)c1ccc(OCC#N)cc1. The van der Waals surface area contributed by atoms with E-state index in [4.69, 9.17) is 10.00 Å². The van der Waals surface area contributed by atoms with Crippen LogP contribution in [0.5, 0.6) is 5.75 Å². The van der Waals surface area contributed by atoms with Crippen molar-refractivity contribution in [2.45, 2.75) is 32.7 Å². The number of nitrogens with zero attached hydrogens (tertiary/aromatic N) is 1. The van der Waals surface area contributed by atoms with Gasteiger partial charge < -0.3 is 15.4 Å². The molecule has 0 aliphatic rings. The highest BCUT2D eigenvalue weighted by molar-refractivity contribution is 5.75. The Balaban J connectivity index is 2.33. The molecule has 0 saturated carbocycles. The highest BCUT2D eigenvalue weighted by Crippen LogP contribution is 2.17. The summed E-state index contributed by atoms with van der Waals surface area (Å²) in [6, 6.07) is 9.71. The van der Waals surface area contributed by atoms with Gasteiger partial charge in [0, 0.05) is 25.6 Å². The van der Waals surface area contributed by atoms with E-state index in [9.17, 15) is 4.79 Å². The van der Waals surface area contributed by atoms with Crippen molar-refractivity contribution < 1.29 is 9.53 Å². The number of benzene rings is 1. The van der Waals surface area contributed by atoms with Crippen LogP contribution in [0.2, 0.25) is 0 Å². The maximum atomic E-state index is 11.5. The van der Waals surface area contributed by atoms with Gasteiger partial charge in [0.05, 0.1) is 0 Å². The summed E-state index contributed by atoms with van der Waals surface area (Å²) in [7, 11) is 0. The van der Waals surface area contributed by atoms with Crippen molar-refractivity contribution in [1.29, 1.82) is 5.26 Å². The monoisotopic (exact) mass is 289 g/mol. The average molecular weight is 289 g/mol. The Hall–Kier alpha value is -2.06. The first-order valence-electron chi connectivity index (χ1n) is 7.27. The second kappa shape index (κ2) is 9.78. The Kier molecular flexibility index (Phi) is 7.92. The molecule has 5 nitrogen and oxygen atoms in total. The van der Waals surface area contributed by atoms with Gasteiger partial charge in [0.15, 0.2) is 6.61 Å². The smallest absolute Gasteiger partial charge is 0.221 e. The molecular formula is C16H23N3O2. The zero-order chi connectivity index (χ0) is 15.5. The van der Waals surface area contributed by atoms with Crippen LogP contribution in [-0.4, -0.2) is 25.6 Å². The molecule has 0 radical (unpaired) electrons. The summed E-state index contributed by atoms with van der Waals surface area (Å²) < 4.78 is 5.21. The van der Waals surface area contributed by atoms with E-state index in [1.807, 2.05) is 37.3 Å². The van der Waals surface area contributed by atoms with E-state index in [1.54, 1.807) is 0 Å². The first kappa shape index (κ1) is 17.0. The Morgan fingerprint density at radius 3 is 2.67 bits per heavy atom. The molecule has 0 aliphatic carbocycles. The van der Waals surface area contributed by atoms with Crippen molar-refractivity contribution in [2.24, 2.45) is 0 Å². The van der Waals surface area contributed by atoms with E-state index < -0.39 is 0 Å². The minimum atomic E-state index is 0.0556. The van der Waals surface area contributed by atoms with Crippen molar-refractivity contribution in [3.63, 3.8) is 0 Å². The lowest BCUT2D eigenvalue weighted by atomic mass is 10.1. The maximum Gasteiger partial charge on any atom is 0.221 e. The Morgan fingerprint density at radius 2 is 2.05 bits per heavy atom. The van der Waals surface area contributed by atoms with Crippen LogP contribution in [0.4, 0.5) is 0 Å². The molecule has 1 rings (SSSR count). The van der Waals surface area contributed by atoms with Gasteiger partial charge in [0.2, 0.25) is 5.91 Å². The van der Waals surface area contributed by atoms with Gasteiger partial charge in [-0.05, 0) is 31.0 Å². The molecule has 0 spiro atoms. The Morgan fingerprint density at radius 1 is 1.33 bits per heavy atom. The molecule has 0 aliphatic heterocycles. The van der Waals surface area contributed by atoms with Gasteiger partial charge in [0.1, 0.15) is 11.8 Å². The third-order valence-corrected chi connectivity index (χ3v) is 3.06. The zero-order valence-electron chi connectivity index (χ0n) is 12.7. The molecule has 1 atom stereocenters. The lowest BCUT2D eigenvalue weighted by Crippen LogP contribution is -2.29. The number of rotatable bonds is 9. The molecule has 1 aromatic rings. The Bertz CT molecular complexity index is 465. The second-order valence-electron chi connectivity index (χ2n) is 4.79. The van der Waals surface area contributed by atoms with E-state index in [1.165, 1.54) is 0 Å². The van der Waals surface area contributed by atoms with Gasteiger partial charge in [-0.3, -0.25) is 4.79 Å². The van der Waals surface area contributed by atoms with Gasteiger partial charge in [-0.2, -0.15) is 5.26 Å². The number of nitriles is 1. The van der Waals surface area contributed by atoms with Crippen LogP contribution < -0.4 is 15.4 Å². The average Bonchev–Trinajstić information content (AvgIpc) is 2.51.